The number of hydrogen-bond acceptors (Lipinski definition) is 3. The molecular formula is C14H18O4. The van der Waals surface area contributed by atoms with Crippen molar-refractivity contribution >= 4 is 5.97 Å². The zero-order chi connectivity index (χ0) is 13.3. The van der Waals surface area contributed by atoms with Crippen LogP contribution in [-0.2, 0) is 29.2 Å². The van der Waals surface area contributed by atoms with Crippen LogP contribution in [0.5, 0.6) is 5.75 Å². The number of fused-ring (bicyclic) bond motifs is 1. The van der Waals surface area contributed by atoms with Gasteiger partial charge < -0.3 is 14.6 Å². The first-order valence-electron chi connectivity index (χ1n) is 5.94. The third-order valence-corrected chi connectivity index (χ3v) is 3.33. The standard InChI is InChI=1S/C14H18O4/c1-14(2,13(15)16)6-9-4-10-7-18-8-11(10)5-12(9)17-3/h4-5H,6-8H2,1-3H3,(H,15,16). The molecule has 2 rings (SSSR count). The molecule has 18 heavy (non-hydrogen) atoms. The Hall–Kier alpha value is -1.55. The largest absolute Gasteiger partial charge is 0.496 e. The summed E-state index contributed by atoms with van der Waals surface area (Å²) in [5, 5.41) is 9.19. The molecule has 0 amide bonds. The van der Waals surface area contributed by atoms with E-state index >= 15 is 0 Å². The third kappa shape index (κ3) is 2.34. The molecule has 4 heteroatoms. The zero-order valence-corrected chi connectivity index (χ0v) is 10.9. The predicted molar refractivity (Wildman–Crippen MR) is 66.6 cm³/mol. The maximum Gasteiger partial charge on any atom is 0.309 e. The predicted octanol–water partition coefficient (Wildman–Crippen LogP) is 2.38. The third-order valence-electron chi connectivity index (χ3n) is 3.33. The molecule has 1 aromatic rings. The van der Waals surface area contributed by atoms with Crippen molar-refractivity contribution in [3.05, 3.63) is 28.8 Å². The van der Waals surface area contributed by atoms with Crippen LogP contribution in [-0.4, -0.2) is 18.2 Å². The lowest BCUT2D eigenvalue weighted by molar-refractivity contribution is -0.146. The molecule has 0 aromatic heterocycles. The Morgan fingerprint density at radius 3 is 2.56 bits per heavy atom. The van der Waals surface area contributed by atoms with Crippen molar-refractivity contribution in [2.45, 2.75) is 33.5 Å². The van der Waals surface area contributed by atoms with E-state index in [9.17, 15) is 9.90 Å². The van der Waals surface area contributed by atoms with Gasteiger partial charge in [0.2, 0.25) is 0 Å². The SMILES string of the molecule is COc1cc2c(cc1CC(C)(C)C(=O)O)COC2. The number of hydrogen-bond donors (Lipinski definition) is 1. The van der Waals surface area contributed by atoms with Crippen LogP contribution in [0.25, 0.3) is 0 Å². The number of carbonyl (C=O) groups is 1. The lowest BCUT2D eigenvalue weighted by Crippen LogP contribution is -2.26. The fourth-order valence-corrected chi connectivity index (χ4v) is 2.14. The summed E-state index contributed by atoms with van der Waals surface area (Å²) in [6.07, 6.45) is 0.443. The summed E-state index contributed by atoms with van der Waals surface area (Å²) in [4.78, 5) is 11.2. The molecular weight excluding hydrogens is 232 g/mol. The first kappa shape index (κ1) is 12.9. The Kier molecular flexibility index (Phi) is 3.30. The summed E-state index contributed by atoms with van der Waals surface area (Å²) in [5.41, 5.74) is 2.38. The lowest BCUT2D eigenvalue weighted by Gasteiger charge is -2.21. The minimum atomic E-state index is -0.805. The van der Waals surface area contributed by atoms with E-state index < -0.39 is 11.4 Å². The highest BCUT2D eigenvalue weighted by molar-refractivity contribution is 5.74. The second-order valence-electron chi connectivity index (χ2n) is 5.29. The lowest BCUT2D eigenvalue weighted by atomic mass is 9.85. The maximum absolute atomic E-state index is 11.2. The fraction of sp³-hybridized carbons (Fsp3) is 0.500. The van der Waals surface area contributed by atoms with Crippen molar-refractivity contribution < 1.29 is 19.4 Å². The molecule has 0 spiro atoms. The van der Waals surface area contributed by atoms with E-state index in [1.165, 1.54) is 0 Å². The summed E-state index contributed by atoms with van der Waals surface area (Å²) in [7, 11) is 1.61. The minimum Gasteiger partial charge on any atom is -0.496 e. The second kappa shape index (κ2) is 4.61. The fourth-order valence-electron chi connectivity index (χ4n) is 2.14. The molecule has 0 radical (unpaired) electrons. The molecule has 1 N–H and O–H groups in total. The van der Waals surface area contributed by atoms with Gasteiger partial charge in [-0.3, -0.25) is 4.79 Å². The molecule has 0 saturated heterocycles. The van der Waals surface area contributed by atoms with E-state index in [0.717, 1.165) is 22.4 Å². The average molecular weight is 250 g/mol. The van der Waals surface area contributed by atoms with Crippen molar-refractivity contribution in [2.75, 3.05) is 7.11 Å². The highest BCUT2D eigenvalue weighted by Crippen LogP contribution is 2.33. The van der Waals surface area contributed by atoms with Gasteiger partial charge in [0.1, 0.15) is 5.75 Å². The molecule has 0 fully saturated rings. The van der Waals surface area contributed by atoms with E-state index in [0.29, 0.717) is 19.6 Å². The summed E-state index contributed by atoms with van der Waals surface area (Å²) in [6.45, 7) is 4.64. The molecule has 1 aliphatic heterocycles. The van der Waals surface area contributed by atoms with E-state index in [2.05, 4.69) is 0 Å². The van der Waals surface area contributed by atoms with Gasteiger partial charge in [-0.15, -0.1) is 0 Å². The molecule has 0 aliphatic carbocycles. The highest BCUT2D eigenvalue weighted by Gasteiger charge is 2.29. The van der Waals surface area contributed by atoms with Gasteiger partial charge in [-0.2, -0.15) is 0 Å². The highest BCUT2D eigenvalue weighted by atomic mass is 16.5. The van der Waals surface area contributed by atoms with Crippen molar-refractivity contribution in [2.24, 2.45) is 5.41 Å². The van der Waals surface area contributed by atoms with Gasteiger partial charge in [-0.1, -0.05) is 0 Å². The molecule has 0 saturated carbocycles. The summed E-state index contributed by atoms with van der Waals surface area (Å²) >= 11 is 0. The average Bonchev–Trinajstić information content (AvgIpc) is 2.74. The topological polar surface area (TPSA) is 55.8 Å². The Labute approximate surface area is 107 Å². The molecule has 98 valence electrons. The van der Waals surface area contributed by atoms with Gasteiger partial charge in [0.05, 0.1) is 25.7 Å². The number of benzene rings is 1. The monoisotopic (exact) mass is 250 g/mol. The van der Waals surface area contributed by atoms with Crippen molar-refractivity contribution in [3.8, 4) is 5.75 Å². The normalized spacial score (nSPS) is 14.4. The van der Waals surface area contributed by atoms with Gasteiger partial charge in [0, 0.05) is 0 Å². The maximum atomic E-state index is 11.2. The van der Waals surface area contributed by atoms with Gasteiger partial charge in [-0.05, 0) is 49.1 Å². The van der Waals surface area contributed by atoms with E-state index in [1.54, 1.807) is 21.0 Å². The van der Waals surface area contributed by atoms with Crippen LogP contribution in [0.3, 0.4) is 0 Å². The van der Waals surface area contributed by atoms with E-state index in [4.69, 9.17) is 9.47 Å². The molecule has 0 bridgehead atoms. The van der Waals surface area contributed by atoms with Crippen LogP contribution in [0, 0.1) is 5.41 Å². The molecule has 0 atom stereocenters. The minimum absolute atomic E-state index is 0.443. The summed E-state index contributed by atoms with van der Waals surface area (Å²) in [5.74, 6) is -0.0603. The smallest absolute Gasteiger partial charge is 0.309 e. The van der Waals surface area contributed by atoms with Crippen LogP contribution in [0.15, 0.2) is 12.1 Å². The molecule has 1 aliphatic rings. The van der Waals surface area contributed by atoms with Crippen LogP contribution in [0.2, 0.25) is 0 Å². The van der Waals surface area contributed by atoms with Gasteiger partial charge >= 0.3 is 5.97 Å². The number of carboxylic acids is 1. The zero-order valence-electron chi connectivity index (χ0n) is 10.9. The molecule has 1 aromatic carbocycles. The Morgan fingerprint density at radius 2 is 2.00 bits per heavy atom. The molecule has 1 heterocycles. The van der Waals surface area contributed by atoms with Crippen LogP contribution >= 0.6 is 0 Å². The van der Waals surface area contributed by atoms with Gasteiger partial charge in [0.15, 0.2) is 0 Å². The quantitative estimate of drug-likeness (QED) is 0.891. The first-order chi connectivity index (χ1) is 8.44. The van der Waals surface area contributed by atoms with Gasteiger partial charge in [0.25, 0.3) is 0 Å². The number of rotatable bonds is 4. The number of aliphatic carboxylic acids is 1. The Balaban J connectivity index is 2.35. The van der Waals surface area contributed by atoms with Crippen molar-refractivity contribution in [1.82, 2.24) is 0 Å². The van der Waals surface area contributed by atoms with Crippen LogP contribution in [0.1, 0.15) is 30.5 Å². The number of methoxy groups -OCH3 is 1. The van der Waals surface area contributed by atoms with Crippen LogP contribution < -0.4 is 4.74 Å². The first-order valence-corrected chi connectivity index (χ1v) is 5.94. The van der Waals surface area contributed by atoms with E-state index in [-0.39, 0.29) is 0 Å². The summed E-state index contributed by atoms with van der Waals surface area (Å²) < 4.78 is 10.7. The Morgan fingerprint density at radius 1 is 1.39 bits per heavy atom. The van der Waals surface area contributed by atoms with Crippen molar-refractivity contribution in [3.63, 3.8) is 0 Å². The second-order valence-corrected chi connectivity index (χ2v) is 5.29. The van der Waals surface area contributed by atoms with Crippen molar-refractivity contribution in [1.29, 1.82) is 0 Å². The summed E-state index contributed by atoms with van der Waals surface area (Å²) in [6, 6.07) is 3.96. The number of ether oxygens (including phenoxy) is 2. The van der Waals surface area contributed by atoms with Crippen LogP contribution in [0.4, 0.5) is 0 Å². The van der Waals surface area contributed by atoms with Gasteiger partial charge in [-0.25, -0.2) is 0 Å². The molecule has 0 unspecified atom stereocenters. The Bertz CT molecular complexity index is 477. The molecule has 4 nitrogen and oxygen atoms in total. The number of carboxylic acid groups (broad SMARTS) is 1. The van der Waals surface area contributed by atoms with E-state index in [1.807, 2.05) is 12.1 Å².